The summed E-state index contributed by atoms with van der Waals surface area (Å²) in [5.74, 6) is -6.37. The van der Waals surface area contributed by atoms with E-state index in [9.17, 15) is 39.6 Å². The van der Waals surface area contributed by atoms with E-state index in [4.69, 9.17) is 4.43 Å². The zero-order valence-corrected chi connectivity index (χ0v) is 24.6. The predicted molar refractivity (Wildman–Crippen MR) is 142 cm³/mol. The van der Waals surface area contributed by atoms with E-state index >= 15 is 0 Å². The lowest BCUT2D eigenvalue weighted by molar-refractivity contribution is -0.189. The summed E-state index contributed by atoms with van der Waals surface area (Å²) < 4.78 is 7.23. The Hall–Kier alpha value is -2.20. The van der Waals surface area contributed by atoms with Crippen molar-refractivity contribution in [3.63, 3.8) is 0 Å². The average molecular weight is 553 g/mol. The molecular weight excluding hydrogens is 508 g/mol. The molecule has 3 aliphatic rings. The molecule has 0 aromatic carbocycles. The Labute approximate surface area is 225 Å². The van der Waals surface area contributed by atoms with E-state index in [1.165, 1.54) is 0 Å². The summed E-state index contributed by atoms with van der Waals surface area (Å²) in [5.41, 5.74) is -4.00. The van der Waals surface area contributed by atoms with Crippen LogP contribution < -0.4 is 0 Å². The Kier molecular flexibility index (Phi) is 8.05. The topological polar surface area (TPSA) is 158 Å². The molecule has 3 rings (SSSR count). The second kappa shape index (κ2) is 10.1. The van der Waals surface area contributed by atoms with Gasteiger partial charge in [0.25, 0.3) is 0 Å². The van der Waals surface area contributed by atoms with Crippen molar-refractivity contribution in [3.05, 3.63) is 12.2 Å². The number of allylic oxidation sites excluding steroid dienone is 2. The molecule has 0 heterocycles. The van der Waals surface area contributed by atoms with E-state index in [0.29, 0.717) is 6.42 Å². The maximum Gasteiger partial charge on any atom is 0.321 e. The van der Waals surface area contributed by atoms with Crippen molar-refractivity contribution in [1.29, 1.82) is 0 Å². The third kappa shape index (κ3) is 4.22. The normalized spacial score (nSPS) is 32.1. The van der Waals surface area contributed by atoms with E-state index in [-0.39, 0.29) is 54.1 Å². The van der Waals surface area contributed by atoms with Gasteiger partial charge in [0.1, 0.15) is 0 Å². The van der Waals surface area contributed by atoms with Crippen LogP contribution in [0.25, 0.3) is 0 Å². The summed E-state index contributed by atoms with van der Waals surface area (Å²) in [5, 5.41) is 40.2. The highest BCUT2D eigenvalue weighted by Crippen LogP contribution is 2.64. The first-order valence-electron chi connectivity index (χ1n) is 13.7. The molecule has 0 aromatic rings. The number of hydrogen-bond acceptors (Lipinski definition) is 5. The van der Waals surface area contributed by atoms with Gasteiger partial charge in [-0.3, -0.25) is 19.2 Å². The van der Waals surface area contributed by atoms with Gasteiger partial charge in [-0.15, -0.1) is 0 Å². The molecule has 9 nitrogen and oxygen atoms in total. The third-order valence-corrected chi connectivity index (χ3v) is 16.8. The van der Waals surface area contributed by atoms with E-state index in [0.717, 1.165) is 0 Å². The monoisotopic (exact) mass is 552 g/mol. The van der Waals surface area contributed by atoms with Crippen LogP contribution in [0.5, 0.6) is 0 Å². The SMILES string of the molecule is CC(C)[Si](O[C@H]1CC(C(=O)O)(C(=O)O)CC2C=C[C@H]3CC(C(=O)O)(C(=O)O)CC[C@H]3[C@]21C)(C(C)C)C(C)C. The predicted octanol–water partition coefficient (Wildman–Crippen LogP) is 5.26. The van der Waals surface area contributed by atoms with Crippen LogP contribution in [-0.4, -0.2) is 58.7 Å². The molecule has 10 heteroatoms. The number of carbonyl (C=O) groups is 4. The molecule has 0 radical (unpaired) electrons. The molecule has 0 aliphatic heterocycles. The number of hydrogen-bond donors (Lipinski definition) is 4. The van der Waals surface area contributed by atoms with Gasteiger partial charge < -0.3 is 24.9 Å². The van der Waals surface area contributed by atoms with E-state index < -0.39 is 60.5 Å². The second-order valence-electron chi connectivity index (χ2n) is 13.1. The number of rotatable bonds is 9. The lowest BCUT2D eigenvalue weighted by Crippen LogP contribution is -2.64. The molecule has 2 fully saturated rings. The van der Waals surface area contributed by atoms with Crippen molar-refractivity contribution in [2.45, 2.75) is 103 Å². The van der Waals surface area contributed by atoms with Crippen molar-refractivity contribution in [1.82, 2.24) is 0 Å². The first-order valence-corrected chi connectivity index (χ1v) is 15.9. The van der Waals surface area contributed by atoms with Crippen LogP contribution in [0.1, 0.15) is 80.6 Å². The molecule has 4 N–H and O–H groups in total. The molecule has 0 saturated heterocycles. The third-order valence-electron chi connectivity index (χ3n) is 10.7. The minimum atomic E-state index is -2.59. The van der Waals surface area contributed by atoms with E-state index in [1.54, 1.807) is 0 Å². The average Bonchev–Trinajstić information content (AvgIpc) is 2.80. The van der Waals surface area contributed by atoms with Crippen LogP contribution in [0, 0.1) is 34.0 Å². The van der Waals surface area contributed by atoms with Crippen molar-refractivity contribution in [2.24, 2.45) is 34.0 Å². The maximum atomic E-state index is 12.5. The molecule has 0 amide bonds. The Balaban J connectivity index is 2.20. The molecule has 38 heavy (non-hydrogen) atoms. The summed E-state index contributed by atoms with van der Waals surface area (Å²) in [4.78, 5) is 49.3. The van der Waals surface area contributed by atoms with Gasteiger partial charge in [0.05, 0.1) is 6.10 Å². The molecule has 0 bridgehead atoms. The molecular formula is C28H44O9Si. The Bertz CT molecular complexity index is 966. The summed E-state index contributed by atoms with van der Waals surface area (Å²) >= 11 is 0. The van der Waals surface area contributed by atoms with Crippen LogP contribution in [0.3, 0.4) is 0 Å². The van der Waals surface area contributed by atoms with Gasteiger partial charge in [-0.05, 0) is 66.5 Å². The zero-order chi connectivity index (χ0) is 29.0. The van der Waals surface area contributed by atoms with Gasteiger partial charge in [-0.25, -0.2) is 0 Å². The van der Waals surface area contributed by atoms with Gasteiger partial charge in [-0.1, -0.05) is 60.6 Å². The Morgan fingerprint density at radius 2 is 1.24 bits per heavy atom. The van der Waals surface area contributed by atoms with Crippen molar-refractivity contribution < 1.29 is 44.0 Å². The highest BCUT2D eigenvalue weighted by molar-refractivity contribution is 6.77. The summed E-state index contributed by atoms with van der Waals surface area (Å²) in [7, 11) is -2.59. The smallest absolute Gasteiger partial charge is 0.321 e. The maximum absolute atomic E-state index is 12.5. The minimum Gasteiger partial charge on any atom is -0.480 e. The van der Waals surface area contributed by atoms with Gasteiger partial charge in [-0.2, -0.15) is 0 Å². The molecule has 1 unspecified atom stereocenters. The highest BCUT2D eigenvalue weighted by Gasteiger charge is 2.66. The quantitative estimate of drug-likeness (QED) is 0.170. The van der Waals surface area contributed by atoms with Crippen molar-refractivity contribution in [3.8, 4) is 0 Å². The number of carboxylic acid groups (broad SMARTS) is 4. The number of aliphatic carboxylic acids is 4. The number of carboxylic acids is 4. The first-order chi connectivity index (χ1) is 17.4. The Morgan fingerprint density at radius 1 is 0.763 bits per heavy atom. The second-order valence-corrected chi connectivity index (χ2v) is 18.5. The van der Waals surface area contributed by atoms with Crippen LogP contribution in [0.4, 0.5) is 0 Å². The van der Waals surface area contributed by atoms with Crippen LogP contribution in [-0.2, 0) is 23.6 Å². The highest BCUT2D eigenvalue weighted by atomic mass is 28.4. The van der Waals surface area contributed by atoms with Gasteiger partial charge in [0, 0.05) is 5.41 Å². The zero-order valence-electron chi connectivity index (χ0n) is 23.6. The van der Waals surface area contributed by atoms with Gasteiger partial charge in [0.2, 0.25) is 8.32 Å². The van der Waals surface area contributed by atoms with Gasteiger partial charge in [0.15, 0.2) is 10.8 Å². The molecule has 0 aromatic heterocycles. The lowest BCUT2D eigenvalue weighted by Gasteiger charge is -2.61. The summed E-state index contributed by atoms with van der Waals surface area (Å²) in [6, 6.07) is 0. The number of fused-ring (bicyclic) bond motifs is 3. The fourth-order valence-electron chi connectivity index (χ4n) is 8.50. The van der Waals surface area contributed by atoms with E-state index in [1.807, 2.05) is 19.1 Å². The summed E-state index contributed by atoms with van der Waals surface area (Å²) in [6.07, 6.45) is 2.91. The molecule has 3 aliphatic carbocycles. The Morgan fingerprint density at radius 3 is 1.66 bits per heavy atom. The molecule has 0 spiro atoms. The first kappa shape index (κ1) is 30.3. The minimum absolute atomic E-state index is 0.0359. The van der Waals surface area contributed by atoms with Crippen LogP contribution >= 0.6 is 0 Å². The molecule has 5 atom stereocenters. The fraction of sp³-hybridized carbons (Fsp3) is 0.786. The van der Waals surface area contributed by atoms with E-state index in [2.05, 4.69) is 41.5 Å². The fourth-order valence-corrected chi connectivity index (χ4v) is 14.1. The molecule has 2 saturated carbocycles. The largest absolute Gasteiger partial charge is 0.480 e. The van der Waals surface area contributed by atoms with Gasteiger partial charge >= 0.3 is 23.9 Å². The van der Waals surface area contributed by atoms with Crippen LogP contribution in [0.15, 0.2) is 12.2 Å². The summed E-state index contributed by atoms with van der Waals surface area (Å²) in [6.45, 7) is 14.8. The lowest BCUT2D eigenvalue weighted by atomic mass is 9.46. The molecule has 214 valence electrons. The van der Waals surface area contributed by atoms with Crippen molar-refractivity contribution in [2.75, 3.05) is 0 Å². The standard InChI is InChI=1S/C28H44O9Si/c1-15(2)38(16(3)4,17(5)6)37-21-14-28(24(33)34,25(35)36)13-19-9-8-18-12-27(22(29)30,23(31)32)11-10-20(18)26(19,21)7/h8-9,15-21H,10-14H2,1-7H3,(H,29,30)(H,31,32)(H,33,34)(H,35,36)/t18-,19?,20+,21-,26-/m0/s1. The van der Waals surface area contributed by atoms with Crippen molar-refractivity contribution >= 4 is 32.2 Å². The van der Waals surface area contributed by atoms with Crippen LogP contribution in [0.2, 0.25) is 16.6 Å².